The fourth-order valence-corrected chi connectivity index (χ4v) is 3.91. The molecule has 8 heteroatoms. The van der Waals surface area contributed by atoms with Crippen LogP contribution in [0, 0.1) is 0 Å². The molecule has 2 aromatic carbocycles. The molecule has 1 amide bonds. The normalized spacial score (nSPS) is 17.5. The van der Waals surface area contributed by atoms with Gasteiger partial charge in [-0.3, -0.25) is 9.59 Å². The number of Topliss-reactive ketones (excluding diaryl/α,β-unsaturated/α-hetero) is 1. The van der Waals surface area contributed by atoms with Crippen molar-refractivity contribution in [2.24, 2.45) is 0 Å². The van der Waals surface area contributed by atoms with Gasteiger partial charge in [0.05, 0.1) is 37.5 Å². The number of ketones is 1. The van der Waals surface area contributed by atoms with Crippen molar-refractivity contribution in [3.05, 3.63) is 59.2 Å². The van der Waals surface area contributed by atoms with E-state index in [0.717, 1.165) is 0 Å². The molecule has 182 valence electrons. The molecule has 0 radical (unpaired) electrons. The molecular weight excluding hydrogens is 436 g/mol. The second-order valence-electron chi connectivity index (χ2n) is 8.60. The van der Waals surface area contributed by atoms with Gasteiger partial charge in [-0.2, -0.15) is 0 Å². The number of aliphatic hydroxyl groups is 1. The number of aliphatic hydroxyl groups excluding tert-OH is 1. The largest absolute Gasteiger partial charge is 0.507 e. The molecule has 1 unspecified atom stereocenters. The fourth-order valence-electron chi connectivity index (χ4n) is 3.91. The van der Waals surface area contributed by atoms with Crippen LogP contribution in [0.1, 0.15) is 31.0 Å². The molecule has 1 fully saturated rings. The summed E-state index contributed by atoms with van der Waals surface area (Å²) in [5.74, 6) is -0.188. The highest BCUT2D eigenvalue weighted by atomic mass is 16.5. The van der Waals surface area contributed by atoms with Crippen LogP contribution >= 0.6 is 0 Å². The number of nitrogens with zero attached hydrogens (tertiary/aromatic N) is 2. The van der Waals surface area contributed by atoms with Gasteiger partial charge in [-0.15, -0.1) is 0 Å². The van der Waals surface area contributed by atoms with E-state index in [9.17, 15) is 14.7 Å². The molecule has 2 aromatic rings. The van der Waals surface area contributed by atoms with Gasteiger partial charge >= 0.3 is 0 Å². The van der Waals surface area contributed by atoms with Crippen molar-refractivity contribution in [1.29, 1.82) is 0 Å². The Balaban J connectivity index is 2.17. The van der Waals surface area contributed by atoms with Gasteiger partial charge < -0.3 is 29.1 Å². The van der Waals surface area contributed by atoms with Gasteiger partial charge in [-0.25, -0.2) is 0 Å². The first-order valence-corrected chi connectivity index (χ1v) is 11.1. The predicted octanol–water partition coefficient (Wildman–Crippen LogP) is 3.47. The monoisotopic (exact) mass is 468 g/mol. The van der Waals surface area contributed by atoms with Crippen LogP contribution in [0.15, 0.2) is 48.0 Å². The molecule has 8 nitrogen and oxygen atoms in total. The minimum Gasteiger partial charge on any atom is -0.507 e. The zero-order valence-electron chi connectivity index (χ0n) is 20.5. The van der Waals surface area contributed by atoms with E-state index in [4.69, 9.17) is 14.2 Å². The Morgan fingerprint density at radius 1 is 1.03 bits per heavy atom. The van der Waals surface area contributed by atoms with Crippen molar-refractivity contribution in [3.8, 4) is 17.2 Å². The highest BCUT2D eigenvalue weighted by molar-refractivity contribution is 6.46. The Bertz CT molecular complexity index is 1080. The SMILES string of the molecule is COc1ccc(OC)c(/C(O)=C2\C(=O)C(=O)N(CCN(C)C)C2c2ccc(OC(C)C)cc2)c1. The topological polar surface area (TPSA) is 88.5 Å². The average molecular weight is 469 g/mol. The van der Waals surface area contributed by atoms with Crippen molar-refractivity contribution >= 4 is 17.4 Å². The lowest BCUT2D eigenvalue weighted by atomic mass is 9.95. The third kappa shape index (κ3) is 5.17. The van der Waals surface area contributed by atoms with Gasteiger partial charge in [0.25, 0.3) is 11.7 Å². The molecule has 0 aromatic heterocycles. The number of hydrogen-bond acceptors (Lipinski definition) is 7. The quantitative estimate of drug-likeness (QED) is 0.342. The number of likely N-dealkylation sites (tertiary alicyclic amines) is 1. The van der Waals surface area contributed by atoms with Crippen LogP contribution in [-0.4, -0.2) is 74.1 Å². The van der Waals surface area contributed by atoms with E-state index >= 15 is 0 Å². The van der Waals surface area contributed by atoms with Crippen molar-refractivity contribution in [1.82, 2.24) is 9.80 Å². The van der Waals surface area contributed by atoms with Crippen LogP contribution in [0.2, 0.25) is 0 Å². The lowest BCUT2D eigenvalue weighted by molar-refractivity contribution is -0.140. The molecule has 1 saturated heterocycles. The molecule has 1 aliphatic heterocycles. The minimum absolute atomic E-state index is 0.00726. The number of hydrogen-bond donors (Lipinski definition) is 1. The molecule has 1 atom stereocenters. The van der Waals surface area contributed by atoms with Crippen molar-refractivity contribution in [2.45, 2.75) is 26.0 Å². The summed E-state index contributed by atoms with van der Waals surface area (Å²) < 4.78 is 16.4. The Kier molecular flexibility index (Phi) is 7.83. The maximum atomic E-state index is 13.2. The van der Waals surface area contributed by atoms with Gasteiger partial charge in [0.1, 0.15) is 23.0 Å². The first kappa shape index (κ1) is 25.1. The van der Waals surface area contributed by atoms with E-state index in [1.807, 2.05) is 45.0 Å². The first-order valence-electron chi connectivity index (χ1n) is 11.1. The fraction of sp³-hybridized carbons (Fsp3) is 0.385. The Morgan fingerprint density at radius 3 is 2.24 bits per heavy atom. The van der Waals surface area contributed by atoms with E-state index in [-0.39, 0.29) is 23.0 Å². The zero-order chi connectivity index (χ0) is 25.0. The number of benzene rings is 2. The zero-order valence-corrected chi connectivity index (χ0v) is 20.5. The molecular formula is C26H32N2O6. The predicted molar refractivity (Wildman–Crippen MR) is 129 cm³/mol. The van der Waals surface area contributed by atoms with Crippen LogP contribution in [0.4, 0.5) is 0 Å². The standard InChI is InChI=1S/C26H32N2O6/c1-16(2)34-18-9-7-17(8-10-18)23-22(25(30)26(31)28(23)14-13-27(3)4)24(29)20-15-19(32-5)11-12-21(20)33-6/h7-12,15-16,23,29H,13-14H2,1-6H3/b24-22+. The summed E-state index contributed by atoms with van der Waals surface area (Å²) in [6.07, 6.45) is 0.0112. The Hall–Kier alpha value is -3.52. The summed E-state index contributed by atoms with van der Waals surface area (Å²) in [5.41, 5.74) is 0.975. The number of carbonyl (C=O) groups excluding carboxylic acids is 2. The van der Waals surface area contributed by atoms with Gasteiger partial charge in [-0.1, -0.05) is 12.1 Å². The van der Waals surface area contributed by atoms with E-state index in [2.05, 4.69) is 0 Å². The second kappa shape index (κ2) is 10.6. The number of methoxy groups -OCH3 is 2. The van der Waals surface area contributed by atoms with Crippen molar-refractivity contribution < 1.29 is 28.9 Å². The van der Waals surface area contributed by atoms with E-state index in [1.165, 1.54) is 19.1 Å². The maximum Gasteiger partial charge on any atom is 0.295 e. The van der Waals surface area contributed by atoms with E-state index in [0.29, 0.717) is 35.9 Å². The van der Waals surface area contributed by atoms with Gasteiger partial charge in [-0.05, 0) is 63.8 Å². The Labute approximate surface area is 200 Å². The van der Waals surface area contributed by atoms with Crippen LogP contribution in [0.5, 0.6) is 17.2 Å². The summed E-state index contributed by atoms with van der Waals surface area (Å²) in [6, 6.07) is 11.4. The number of amides is 1. The summed E-state index contributed by atoms with van der Waals surface area (Å²) in [6.45, 7) is 4.75. The molecule has 0 aliphatic carbocycles. The van der Waals surface area contributed by atoms with Gasteiger partial charge in [0.15, 0.2) is 0 Å². The van der Waals surface area contributed by atoms with Crippen LogP contribution < -0.4 is 14.2 Å². The average Bonchev–Trinajstić information content (AvgIpc) is 3.06. The van der Waals surface area contributed by atoms with Crippen LogP contribution in [0.3, 0.4) is 0 Å². The molecule has 1 aliphatic rings. The minimum atomic E-state index is -0.760. The summed E-state index contributed by atoms with van der Waals surface area (Å²) in [4.78, 5) is 29.7. The number of ether oxygens (including phenoxy) is 3. The molecule has 0 saturated carbocycles. The number of likely N-dealkylation sites (N-methyl/N-ethyl adjacent to an activating group) is 1. The van der Waals surface area contributed by atoms with Crippen molar-refractivity contribution in [3.63, 3.8) is 0 Å². The Morgan fingerprint density at radius 2 is 1.68 bits per heavy atom. The lowest BCUT2D eigenvalue weighted by Gasteiger charge is -2.27. The van der Waals surface area contributed by atoms with E-state index in [1.54, 1.807) is 30.3 Å². The summed E-state index contributed by atoms with van der Waals surface area (Å²) in [5, 5.41) is 11.4. The molecule has 1 N–H and O–H groups in total. The second-order valence-corrected chi connectivity index (χ2v) is 8.60. The molecule has 3 rings (SSSR count). The maximum absolute atomic E-state index is 13.2. The van der Waals surface area contributed by atoms with Crippen molar-refractivity contribution in [2.75, 3.05) is 41.4 Å². The summed E-state index contributed by atoms with van der Waals surface area (Å²) in [7, 11) is 6.77. The molecule has 34 heavy (non-hydrogen) atoms. The molecule has 1 heterocycles. The number of rotatable bonds is 9. The lowest BCUT2D eigenvalue weighted by Crippen LogP contribution is -2.35. The highest BCUT2D eigenvalue weighted by Crippen LogP contribution is 2.41. The third-order valence-electron chi connectivity index (χ3n) is 5.56. The molecule has 0 bridgehead atoms. The third-order valence-corrected chi connectivity index (χ3v) is 5.56. The number of carbonyl (C=O) groups is 2. The molecule has 0 spiro atoms. The smallest absolute Gasteiger partial charge is 0.295 e. The summed E-state index contributed by atoms with van der Waals surface area (Å²) >= 11 is 0. The van der Waals surface area contributed by atoms with Crippen LogP contribution in [-0.2, 0) is 9.59 Å². The first-order chi connectivity index (χ1) is 16.2. The van der Waals surface area contributed by atoms with Gasteiger partial charge in [0.2, 0.25) is 0 Å². The van der Waals surface area contributed by atoms with Gasteiger partial charge in [0, 0.05) is 13.1 Å². The van der Waals surface area contributed by atoms with Crippen LogP contribution in [0.25, 0.3) is 5.76 Å². The van der Waals surface area contributed by atoms with E-state index < -0.39 is 17.7 Å². The highest BCUT2D eigenvalue weighted by Gasteiger charge is 2.46.